The average molecular weight is 456 g/mol. The van der Waals surface area contributed by atoms with Gasteiger partial charge >= 0.3 is 0 Å². The Bertz CT molecular complexity index is 1050. The number of benzene rings is 2. The molecule has 8 heteroatoms. The normalized spacial score (nSPS) is 15.8. The number of thioether (sulfide) groups is 1. The van der Waals surface area contributed by atoms with Crippen molar-refractivity contribution in [3.05, 3.63) is 75.9 Å². The van der Waals surface area contributed by atoms with Gasteiger partial charge in [-0.3, -0.25) is 4.79 Å². The van der Waals surface area contributed by atoms with Gasteiger partial charge in [-0.05, 0) is 43.0 Å². The van der Waals surface area contributed by atoms with Crippen molar-refractivity contribution >= 4 is 45.2 Å². The lowest BCUT2D eigenvalue weighted by Gasteiger charge is -2.28. The third-order valence-corrected chi connectivity index (χ3v) is 5.54. The quantitative estimate of drug-likeness (QED) is 0.558. The molecule has 2 aromatic carbocycles. The van der Waals surface area contributed by atoms with Gasteiger partial charge in [0.25, 0.3) is 5.91 Å². The molecule has 142 valence electrons. The van der Waals surface area contributed by atoms with E-state index in [-0.39, 0.29) is 11.9 Å². The number of halogens is 1. The molecule has 1 atom stereocenters. The van der Waals surface area contributed by atoms with E-state index in [2.05, 4.69) is 36.6 Å². The zero-order valence-electron chi connectivity index (χ0n) is 15.3. The minimum Gasteiger partial charge on any atom is -0.328 e. The fourth-order valence-electron chi connectivity index (χ4n) is 3.19. The summed E-state index contributed by atoms with van der Waals surface area (Å²) in [6, 6.07) is 17.0. The van der Waals surface area contributed by atoms with Gasteiger partial charge in [0, 0.05) is 15.9 Å². The molecule has 0 aliphatic carbocycles. The van der Waals surface area contributed by atoms with Gasteiger partial charge in [-0.15, -0.1) is 5.10 Å². The fourth-order valence-corrected chi connectivity index (χ4v) is 3.80. The van der Waals surface area contributed by atoms with E-state index < -0.39 is 0 Å². The number of para-hydroxylation sites is 1. The van der Waals surface area contributed by atoms with Crippen LogP contribution in [0, 0.1) is 0 Å². The highest BCUT2D eigenvalue weighted by molar-refractivity contribution is 9.10. The number of aromatic nitrogens is 3. The Hall–Kier alpha value is -2.58. The third kappa shape index (κ3) is 3.57. The predicted octanol–water partition coefficient (Wildman–Crippen LogP) is 4.69. The second kappa shape index (κ2) is 7.81. The summed E-state index contributed by atoms with van der Waals surface area (Å²) < 4.78 is 2.76. The maximum atomic E-state index is 13.2. The molecule has 6 nitrogen and oxygen atoms in total. The van der Waals surface area contributed by atoms with Gasteiger partial charge in [0.05, 0.1) is 5.57 Å². The number of hydrogen-bond acceptors (Lipinski definition) is 5. The van der Waals surface area contributed by atoms with Crippen LogP contribution in [0.1, 0.15) is 18.5 Å². The summed E-state index contributed by atoms with van der Waals surface area (Å²) in [6.45, 7) is 1.89. The smallest absolute Gasteiger partial charge is 0.255 e. The van der Waals surface area contributed by atoms with Crippen LogP contribution in [0.25, 0.3) is 0 Å². The highest BCUT2D eigenvalue weighted by Gasteiger charge is 2.34. The summed E-state index contributed by atoms with van der Waals surface area (Å²) in [5, 5.41) is 11.5. The minimum absolute atomic E-state index is 0.170. The zero-order chi connectivity index (χ0) is 19.7. The first-order valence-electron chi connectivity index (χ1n) is 8.67. The van der Waals surface area contributed by atoms with Crippen molar-refractivity contribution < 1.29 is 4.79 Å². The minimum atomic E-state index is -0.374. The highest BCUT2D eigenvalue weighted by Crippen LogP contribution is 2.36. The molecule has 1 aliphatic heterocycles. The number of hydrogen-bond donors (Lipinski definition) is 2. The van der Waals surface area contributed by atoms with E-state index in [0.717, 1.165) is 21.4 Å². The molecule has 2 heterocycles. The molecule has 0 fully saturated rings. The van der Waals surface area contributed by atoms with Crippen LogP contribution < -0.4 is 10.6 Å². The van der Waals surface area contributed by atoms with Crippen LogP contribution in [-0.4, -0.2) is 26.9 Å². The summed E-state index contributed by atoms with van der Waals surface area (Å²) in [5.74, 6) is 0.460. The van der Waals surface area contributed by atoms with Crippen LogP contribution in [0.15, 0.2) is 75.5 Å². The number of anilines is 2. The van der Waals surface area contributed by atoms with Crippen molar-refractivity contribution in [2.75, 3.05) is 16.9 Å². The number of amides is 1. The SMILES string of the molecule is CSc1nc2n(n1)[C@@H](c1ccc(Br)cc1)C(C(=O)Nc1ccccc1)=C(C)N2. The number of nitrogens with one attached hydrogen (secondary N) is 2. The summed E-state index contributed by atoms with van der Waals surface area (Å²) in [5.41, 5.74) is 3.07. The molecule has 0 saturated carbocycles. The molecule has 1 amide bonds. The second-order valence-electron chi connectivity index (χ2n) is 6.30. The summed E-state index contributed by atoms with van der Waals surface area (Å²) in [4.78, 5) is 17.7. The molecule has 0 bridgehead atoms. The number of rotatable bonds is 4. The van der Waals surface area contributed by atoms with Gasteiger partial charge in [-0.25, -0.2) is 4.68 Å². The van der Waals surface area contributed by atoms with E-state index in [9.17, 15) is 4.79 Å². The molecule has 1 aromatic heterocycles. The monoisotopic (exact) mass is 455 g/mol. The maximum Gasteiger partial charge on any atom is 0.255 e. The topological polar surface area (TPSA) is 71.8 Å². The van der Waals surface area contributed by atoms with Crippen molar-refractivity contribution in [2.24, 2.45) is 0 Å². The van der Waals surface area contributed by atoms with E-state index in [1.165, 1.54) is 11.8 Å². The fraction of sp³-hybridized carbons (Fsp3) is 0.150. The molecule has 4 rings (SSSR count). The van der Waals surface area contributed by atoms with Gasteiger partial charge in [0.2, 0.25) is 11.1 Å². The Kier molecular flexibility index (Phi) is 5.23. The van der Waals surface area contributed by atoms with Crippen molar-refractivity contribution in [1.82, 2.24) is 14.8 Å². The van der Waals surface area contributed by atoms with Crippen LogP contribution in [0.5, 0.6) is 0 Å². The zero-order valence-corrected chi connectivity index (χ0v) is 17.7. The lowest BCUT2D eigenvalue weighted by atomic mass is 9.95. The summed E-state index contributed by atoms with van der Waals surface area (Å²) in [6.07, 6.45) is 1.93. The first-order chi connectivity index (χ1) is 13.6. The number of allylic oxidation sites excluding steroid dienone is 1. The first kappa shape index (κ1) is 18.8. The molecule has 0 spiro atoms. The molecule has 1 aliphatic rings. The van der Waals surface area contributed by atoms with Crippen molar-refractivity contribution in [3.63, 3.8) is 0 Å². The van der Waals surface area contributed by atoms with Crippen LogP contribution in [-0.2, 0) is 4.79 Å². The molecule has 0 radical (unpaired) electrons. The van der Waals surface area contributed by atoms with Crippen molar-refractivity contribution in [3.8, 4) is 0 Å². The van der Waals surface area contributed by atoms with Crippen LogP contribution in [0.2, 0.25) is 0 Å². The predicted molar refractivity (Wildman–Crippen MR) is 115 cm³/mol. The number of carbonyl (C=O) groups is 1. The van der Waals surface area contributed by atoms with Gasteiger partial charge in [0.15, 0.2) is 0 Å². The maximum absolute atomic E-state index is 13.2. The van der Waals surface area contributed by atoms with E-state index in [1.807, 2.05) is 67.8 Å². The number of carbonyl (C=O) groups excluding carboxylic acids is 1. The summed E-state index contributed by atoms with van der Waals surface area (Å²) >= 11 is 4.94. The molecule has 0 saturated heterocycles. The Morgan fingerprint density at radius 2 is 1.89 bits per heavy atom. The Labute approximate surface area is 175 Å². The molecule has 0 unspecified atom stereocenters. The lowest BCUT2D eigenvalue weighted by Crippen LogP contribution is -2.31. The number of fused-ring (bicyclic) bond motifs is 1. The molecule has 28 heavy (non-hydrogen) atoms. The Morgan fingerprint density at radius 3 is 2.57 bits per heavy atom. The van der Waals surface area contributed by atoms with Gasteiger partial charge in [-0.1, -0.05) is 58.0 Å². The summed E-state index contributed by atoms with van der Waals surface area (Å²) in [7, 11) is 0. The molecule has 2 N–H and O–H groups in total. The first-order valence-corrected chi connectivity index (χ1v) is 10.7. The van der Waals surface area contributed by atoms with Crippen LogP contribution in [0.3, 0.4) is 0 Å². The van der Waals surface area contributed by atoms with E-state index in [4.69, 9.17) is 0 Å². The number of nitrogens with zero attached hydrogens (tertiary/aromatic N) is 3. The van der Waals surface area contributed by atoms with E-state index in [1.54, 1.807) is 4.68 Å². The van der Waals surface area contributed by atoms with Crippen LogP contribution in [0.4, 0.5) is 11.6 Å². The molecular weight excluding hydrogens is 438 g/mol. The van der Waals surface area contributed by atoms with E-state index in [0.29, 0.717) is 16.7 Å². The van der Waals surface area contributed by atoms with Crippen molar-refractivity contribution in [2.45, 2.75) is 18.1 Å². The Morgan fingerprint density at radius 1 is 1.18 bits per heavy atom. The molecule has 3 aromatic rings. The van der Waals surface area contributed by atoms with E-state index >= 15 is 0 Å². The molecular formula is C20H18BrN5OS. The van der Waals surface area contributed by atoms with Crippen LogP contribution >= 0.6 is 27.7 Å². The van der Waals surface area contributed by atoms with Crippen molar-refractivity contribution in [1.29, 1.82) is 0 Å². The van der Waals surface area contributed by atoms with Gasteiger partial charge in [-0.2, -0.15) is 4.98 Å². The van der Waals surface area contributed by atoms with Gasteiger partial charge in [0.1, 0.15) is 6.04 Å². The second-order valence-corrected chi connectivity index (χ2v) is 7.99. The van der Waals surface area contributed by atoms with Gasteiger partial charge < -0.3 is 10.6 Å². The largest absolute Gasteiger partial charge is 0.328 e. The Balaban J connectivity index is 1.79. The average Bonchev–Trinajstić information content (AvgIpc) is 3.11. The standard InChI is InChI=1S/C20H18BrN5OS/c1-12-16(18(27)23-15-6-4-3-5-7-15)17(13-8-10-14(21)11-9-13)26-19(22-12)24-20(25-26)28-2/h3-11,17H,1-2H3,(H,23,27)(H,22,24,25)/t17-/m0/s1. The third-order valence-electron chi connectivity index (χ3n) is 4.48. The lowest BCUT2D eigenvalue weighted by molar-refractivity contribution is -0.113. The highest BCUT2D eigenvalue weighted by atomic mass is 79.9.